The van der Waals surface area contributed by atoms with Crippen LogP contribution in [0.15, 0.2) is 28.7 Å². The number of rotatable bonds is 4. The van der Waals surface area contributed by atoms with Crippen LogP contribution in [0.3, 0.4) is 0 Å². The molecule has 1 N–H and O–H groups in total. The number of morpholine rings is 1. The molecule has 0 radical (unpaired) electrons. The minimum atomic E-state index is -0.509. The number of halogens is 1. The number of ether oxygens (including phenoxy) is 2. The van der Waals surface area contributed by atoms with Crippen molar-refractivity contribution in [1.82, 2.24) is 10.2 Å². The van der Waals surface area contributed by atoms with E-state index in [1.54, 1.807) is 0 Å². The number of amides is 1. The summed E-state index contributed by atoms with van der Waals surface area (Å²) in [6.45, 7) is 9.54. The van der Waals surface area contributed by atoms with Gasteiger partial charge in [0, 0.05) is 24.1 Å². The third-order valence-electron chi connectivity index (χ3n) is 3.49. The van der Waals surface area contributed by atoms with Crippen molar-refractivity contribution in [3.63, 3.8) is 0 Å². The van der Waals surface area contributed by atoms with Crippen LogP contribution in [0.4, 0.5) is 4.79 Å². The van der Waals surface area contributed by atoms with Gasteiger partial charge in [0.05, 0.1) is 19.3 Å². The molecule has 23 heavy (non-hydrogen) atoms. The zero-order chi connectivity index (χ0) is 16.9. The molecule has 1 heterocycles. The Labute approximate surface area is 146 Å². The second-order valence-corrected chi connectivity index (χ2v) is 7.58. The Morgan fingerprint density at radius 1 is 1.39 bits per heavy atom. The van der Waals surface area contributed by atoms with E-state index in [1.165, 1.54) is 0 Å². The molecule has 1 atom stereocenters. The molecule has 2 rings (SSSR count). The predicted octanol–water partition coefficient (Wildman–Crippen LogP) is 3.35. The fourth-order valence-electron chi connectivity index (χ4n) is 2.45. The number of carbonyl (C=O) groups is 1. The van der Waals surface area contributed by atoms with Gasteiger partial charge in [-0.05, 0) is 38.5 Å². The van der Waals surface area contributed by atoms with Crippen LogP contribution >= 0.6 is 15.9 Å². The van der Waals surface area contributed by atoms with Gasteiger partial charge in [0.15, 0.2) is 0 Å². The SMILES string of the molecule is CC(C)(C)OC(=O)N[C@@H](CN1CCOCC1)c1cccc(Br)c1. The Balaban J connectivity index is 2.08. The summed E-state index contributed by atoms with van der Waals surface area (Å²) in [4.78, 5) is 14.5. The third kappa shape index (κ3) is 6.49. The van der Waals surface area contributed by atoms with Crippen LogP contribution in [0, 0.1) is 0 Å². The van der Waals surface area contributed by atoms with E-state index in [9.17, 15) is 4.79 Å². The molecule has 0 saturated carbocycles. The summed E-state index contributed by atoms with van der Waals surface area (Å²) in [6.07, 6.45) is -0.393. The molecule has 1 aromatic rings. The average molecular weight is 385 g/mol. The summed E-state index contributed by atoms with van der Waals surface area (Å²) < 4.78 is 11.8. The molecule has 0 unspecified atom stereocenters. The second-order valence-electron chi connectivity index (χ2n) is 6.67. The van der Waals surface area contributed by atoms with Gasteiger partial charge >= 0.3 is 6.09 Å². The number of nitrogens with zero attached hydrogens (tertiary/aromatic N) is 1. The fourth-order valence-corrected chi connectivity index (χ4v) is 2.87. The first-order chi connectivity index (χ1) is 10.8. The molecular weight excluding hydrogens is 360 g/mol. The Morgan fingerprint density at radius 2 is 2.09 bits per heavy atom. The van der Waals surface area contributed by atoms with E-state index in [4.69, 9.17) is 9.47 Å². The summed E-state index contributed by atoms with van der Waals surface area (Å²) in [5, 5.41) is 3.00. The summed E-state index contributed by atoms with van der Waals surface area (Å²) in [6, 6.07) is 7.88. The van der Waals surface area contributed by atoms with Gasteiger partial charge in [-0.1, -0.05) is 28.1 Å². The third-order valence-corrected chi connectivity index (χ3v) is 3.98. The number of carbonyl (C=O) groups excluding carboxylic acids is 1. The maximum atomic E-state index is 12.2. The van der Waals surface area contributed by atoms with Gasteiger partial charge in [0.25, 0.3) is 0 Å². The van der Waals surface area contributed by atoms with E-state index < -0.39 is 11.7 Å². The Morgan fingerprint density at radius 3 is 2.70 bits per heavy atom. The van der Waals surface area contributed by atoms with Crippen LogP contribution in [0.25, 0.3) is 0 Å². The highest BCUT2D eigenvalue weighted by atomic mass is 79.9. The molecule has 0 spiro atoms. The largest absolute Gasteiger partial charge is 0.444 e. The Hall–Kier alpha value is -1.11. The molecule has 0 bridgehead atoms. The molecular formula is C17H25BrN2O3. The van der Waals surface area contributed by atoms with Gasteiger partial charge in [0.1, 0.15) is 5.60 Å². The van der Waals surface area contributed by atoms with Crippen molar-refractivity contribution < 1.29 is 14.3 Å². The first-order valence-electron chi connectivity index (χ1n) is 7.88. The van der Waals surface area contributed by atoms with E-state index >= 15 is 0 Å². The van der Waals surface area contributed by atoms with Crippen LogP contribution in [0.2, 0.25) is 0 Å². The number of hydrogen-bond acceptors (Lipinski definition) is 4. The maximum Gasteiger partial charge on any atom is 0.408 e. The van der Waals surface area contributed by atoms with Crippen LogP contribution in [0.1, 0.15) is 32.4 Å². The van der Waals surface area contributed by atoms with Crippen molar-refractivity contribution >= 4 is 22.0 Å². The standard InChI is InChI=1S/C17H25BrN2O3/c1-17(2,3)23-16(21)19-15(12-20-7-9-22-10-8-20)13-5-4-6-14(18)11-13/h4-6,11,15H,7-10,12H2,1-3H3,(H,19,21)/t15-/m0/s1. The molecule has 5 nitrogen and oxygen atoms in total. The zero-order valence-electron chi connectivity index (χ0n) is 14.0. The van der Waals surface area contributed by atoms with Crippen molar-refractivity contribution in [3.8, 4) is 0 Å². The molecule has 128 valence electrons. The summed E-state index contributed by atoms with van der Waals surface area (Å²) in [5.41, 5.74) is 0.543. The molecule has 6 heteroatoms. The minimum absolute atomic E-state index is 0.125. The molecule has 1 aliphatic heterocycles. The van der Waals surface area contributed by atoms with Gasteiger partial charge in [0.2, 0.25) is 0 Å². The number of benzene rings is 1. The van der Waals surface area contributed by atoms with E-state index in [-0.39, 0.29) is 6.04 Å². The van der Waals surface area contributed by atoms with Gasteiger partial charge in [-0.3, -0.25) is 4.90 Å². The highest BCUT2D eigenvalue weighted by molar-refractivity contribution is 9.10. The van der Waals surface area contributed by atoms with Crippen molar-refractivity contribution in [1.29, 1.82) is 0 Å². The molecule has 1 amide bonds. The highest BCUT2D eigenvalue weighted by Crippen LogP contribution is 2.20. The topological polar surface area (TPSA) is 50.8 Å². The lowest BCUT2D eigenvalue weighted by molar-refractivity contribution is 0.0288. The van der Waals surface area contributed by atoms with Crippen LogP contribution in [-0.2, 0) is 9.47 Å². The first kappa shape index (κ1) is 18.2. The fraction of sp³-hybridized carbons (Fsp3) is 0.588. The maximum absolute atomic E-state index is 12.2. The zero-order valence-corrected chi connectivity index (χ0v) is 15.6. The van der Waals surface area contributed by atoms with Crippen molar-refractivity contribution in [2.24, 2.45) is 0 Å². The molecule has 1 aliphatic rings. The Bertz CT molecular complexity index is 525. The first-order valence-corrected chi connectivity index (χ1v) is 8.68. The van der Waals surface area contributed by atoms with Gasteiger partial charge < -0.3 is 14.8 Å². The molecule has 1 fully saturated rings. The molecule has 0 aliphatic carbocycles. The Kier molecular flexibility index (Phi) is 6.44. The number of hydrogen-bond donors (Lipinski definition) is 1. The summed E-state index contributed by atoms with van der Waals surface area (Å²) in [5.74, 6) is 0. The van der Waals surface area contributed by atoms with Crippen LogP contribution in [0.5, 0.6) is 0 Å². The summed E-state index contributed by atoms with van der Waals surface area (Å²) in [7, 11) is 0. The second kappa shape index (κ2) is 8.13. The minimum Gasteiger partial charge on any atom is -0.444 e. The van der Waals surface area contributed by atoms with E-state index in [2.05, 4.69) is 26.1 Å². The normalized spacial score (nSPS) is 17.6. The van der Waals surface area contributed by atoms with Crippen molar-refractivity contribution in [3.05, 3.63) is 34.3 Å². The highest BCUT2D eigenvalue weighted by Gasteiger charge is 2.23. The molecule has 0 aromatic heterocycles. The van der Waals surface area contributed by atoms with Crippen LogP contribution < -0.4 is 5.32 Å². The van der Waals surface area contributed by atoms with Gasteiger partial charge in [-0.15, -0.1) is 0 Å². The summed E-state index contributed by atoms with van der Waals surface area (Å²) >= 11 is 3.49. The smallest absolute Gasteiger partial charge is 0.408 e. The predicted molar refractivity (Wildman–Crippen MR) is 93.5 cm³/mol. The van der Waals surface area contributed by atoms with E-state index in [0.717, 1.165) is 42.9 Å². The lowest BCUT2D eigenvalue weighted by atomic mass is 10.1. The number of nitrogens with one attached hydrogen (secondary N) is 1. The monoisotopic (exact) mass is 384 g/mol. The van der Waals surface area contributed by atoms with Crippen LogP contribution in [-0.4, -0.2) is 49.4 Å². The number of alkyl carbamates (subject to hydrolysis) is 1. The van der Waals surface area contributed by atoms with Crippen molar-refractivity contribution in [2.75, 3.05) is 32.8 Å². The lowest BCUT2D eigenvalue weighted by Crippen LogP contribution is -2.44. The lowest BCUT2D eigenvalue weighted by Gasteiger charge is -2.31. The van der Waals surface area contributed by atoms with E-state index in [0.29, 0.717) is 0 Å². The van der Waals surface area contributed by atoms with Gasteiger partial charge in [-0.2, -0.15) is 0 Å². The quantitative estimate of drug-likeness (QED) is 0.864. The molecule has 1 aromatic carbocycles. The van der Waals surface area contributed by atoms with E-state index in [1.807, 2.05) is 45.0 Å². The average Bonchev–Trinajstić information content (AvgIpc) is 2.45. The van der Waals surface area contributed by atoms with Crippen molar-refractivity contribution in [2.45, 2.75) is 32.4 Å². The molecule has 1 saturated heterocycles. The van der Waals surface area contributed by atoms with Gasteiger partial charge in [-0.25, -0.2) is 4.79 Å².